The summed E-state index contributed by atoms with van der Waals surface area (Å²) in [6.07, 6.45) is 1.83. The Kier molecular flexibility index (Phi) is 4.92. The molecule has 6 heteroatoms. The van der Waals surface area contributed by atoms with Gasteiger partial charge < -0.3 is 10.7 Å². The maximum Gasteiger partial charge on any atom is 0.145 e. The van der Waals surface area contributed by atoms with Crippen molar-refractivity contribution in [2.75, 3.05) is 10.7 Å². The van der Waals surface area contributed by atoms with Crippen LogP contribution in [-0.2, 0) is 6.42 Å². The maximum atomic E-state index is 5.43. The Labute approximate surface area is 126 Å². The van der Waals surface area contributed by atoms with Gasteiger partial charge in [-0.3, -0.25) is 0 Å². The Morgan fingerprint density at radius 1 is 1.21 bits per heavy atom. The van der Waals surface area contributed by atoms with Gasteiger partial charge in [-0.2, -0.15) is 0 Å². The number of nitrogen functional groups attached to an aromatic ring is 1. The number of rotatable bonds is 5. The first kappa shape index (κ1) is 14.0. The van der Waals surface area contributed by atoms with Gasteiger partial charge in [0.15, 0.2) is 0 Å². The number of benzene rings is 1. The number of anilines is 3. The normalized spacial score (nSPS) is 10.3. The number of nitrogens with one attached hydrogen (secondary N) is 2. The lowest BCUT2D eigenvalue weighted by Gasteiger charge is -2.09. The molecule has 4 N–H and O–H groups in total. The van der Waals surface area contributed by atoms with E-state index in [9.17, 15) is 0 Å². The Hall–Kier alpha value is -1.41. The number of hydrazine groups is 1. The molecule has 0 aliphatic rings. The lowest BCUT2D eigenvalue weighted by atomic mass is 10.3. The average Bonchev–Trinajstić information content (AvgIpc) is 2.39. The monoisotopic (exact) mass is 369 g/mol. The van der Waals surface area contributed by atoms with E-state index in [4.69, 9.17) is 5.84 Å². The Morgan fingerprint density at radius 3 is 2.68 bits per heavy atom. The molecule has 0 saturated carbocycles. The van der Waals surface area contributed by atoms with Gasteiger partial charge >= 0.3 is 0 Å². The number of halogens is 1. The highest BCUT2D eigenvalue weighted by Gasteiger charge is 2.04. The predicted molar refractivity (Wildman–Crippen MR) is 86.3 cm³/mol. The highest BCUT2D eigenvalue weighted by molar-refractivity contribution is 14.1. The zero-order chi connectivity index (χ0) is 13.7. The first-order valence-corrected chi connectivity index (χ1v) is 7.16. The van der Waals surface area contributed by atoms with Crippen LogP contribution >= 0.6 is 22.6 Å². The minimum absolute atomic E-state index is 0.617. The summed E-state index contributed by atoms with van der Waals surface area (Å²) >= 11 is 2.28. The molecular formula is C13H16IN5. The molecule has 2 aromatic rings. The third-order valence-electron chi connectivity index (χ3n) is 2.49. The van der Waals surface area contributed by atoms with E-state index < -0.39 is 0 Å². The van der Waals surface area contributed by atoms with E-state index in [1.165, 1.54) is 3.57 Å². The van der Waals surface area contributed by atoms with E-state index in [1.54, 1.807) is 6.07 Å². The van der Waals surface area contributed by atoms with Gasteiger partial charge in [0, 0.05) is 21.7 Å². The summed E-state index contributed by atoms with van der Waals surface area (Å²) in [6, 6.07) is 9.89. The maximum absolute atomic E-state index is 5.43. The van der Waals surface area contributed by atoms with E-state index in [2.05, 4.69) is 56.3 Å². The minimum atomic E-state index is 0.617. The van der Waals surface area contributed by atoms with Crippen LogP contribution in [-0.4, -0.2) is 9.97 Å². The largest absolute Gasteiger partial charge is 0.340 e. The quantitative estimate of drug-likeness (QED) is 0.429. The summed E-state index contributed by atoms with van der Waals surface area (Å²) in [7, 11) is 0. The van der Waals surface area contributed by atoms with Gasteiger partial charge in [-0.1, -0.05) is 13.0 Å². The summed E-state index contributed by atoms with van der Waals surface area (Å²) in [6.45, 7) is 2.10. The fourth-order valence-electron chi connectivity index (χ4n) is 1.68. The van der Waals surface area contributed by atoms with Crippen LogP contribution in [0, 0.1) is 3.57 Å². The third kappa shape index (κ3) is 4.03. The average molecular weight is 369 g/mol. The van der Waals surface area contributed by atoms with Crippen molar-refractivity contribution in [3.05, 3.63) is 39.7 Å². The van der Waals surface area contributed by atoms with Gasteiger partial charge in [0.05, 0.1) is 0 Å². The molecule has 0 unspecified atom stereocenters. The molecule has 0 atom stereocenters. The molecule has 0 fully saturated rings. The van der Waals surface area contributed by atoms with Crippen LogP contribution < -0.4 is 16.6 Å². The molecule has 1 aromatic heterocycles. The summed E-state index contributed by atoms with van der Waals surface area (Å²) in [5.74, 6) is 7.58. The molecule has 5 nitrogen and oxygen atoms in total. The standard InChI is InChI=1S/C13H16IN5/c1-2-4-11-17-12(8-13(18-11)19-15)16-10-6-3-5-9(14)7-10/h3,5-8H,2,4,15H2,1H3,(H2,16,17,18,19). The smallest absolute Gasteiger partial charge is 0.145 e. The van der Waals surface area contributed by atoms with Crippen LogP contribution in [0.3, 0.4) is 0 Å². The van der Waals surface area contributed by atoms with Gasteiger partial charge in [0.1, 0.15) is 17.5 Å². The minimum Gasteiger partial charge on any atom is -0.340 e. The molecule has 0 bridgehead atoms. The second kappa shape index (κ2) is 6.67. The number of hydrogen-bond donors (Lipinski definition) is 3. The van der Waals surface area contributed by atoms with E-state index in [-0.39, 0.29) is 0 Å². The molecule has 2 rings (SSSR count). The predicted octanol–water partition coefficient (Wildman–Crippen LogP) is 3.06. The van der Waals surface area contributed by atoms with Crippen LogP contribution in [0.25, 0.3) is 0 Å². The summed E-state index contributed by atoms with van der Waals surface area (Å²) < 4.78 is 1.17. The van der Waals surface area contributed by atoms with Crippen LogP contribution in [0.5, 0.6) is 0 Å². The lowest BCUT2D eigenvalue weighted by Crippen LogP contribution is -2.11. The van der Waals surface area contributed by atoms with Gasteiger partial charge in [0.25, 0.3) is 0 Å². The molecule has 0 amide bonds. The second-order valence-electron chi connectivity index (χ2n) is 4.08. The fourth-order valence-corrected chi connectivity index (χ4v) is 2.23. The fraction of sp³-hybridized carbons (Fsp3) is 0.231. The highest BCUT2D eigenvalue weighted by atomic mass is 127. The number of nitrogens with two attached hydrogens (primary N) is 1. The van der Waals surface area contributed by atoms with E-state index in [0.717, 1.165) is 30.2 Å². The van der Waals surface area contributed by atoms with Crippen LogP contribution in [0.15, 0.2) is 30.3 Å². The van der Waals surface area contributed by atoms with E-state index in [1.807, 2.05) is 18.2 Å². The summed E-state index contributed by atoms with van der Waals surface area (Å²) in [4.78, 5) is 8.79. The van der Waals surface area contributed by atoms with Gasteiger partial charge in [0.2, 0.25) is 0 Å². The van der Waals surface area contributed by atoms with Crippen molar-refractivity contribution < 1.29 is 0 Å². The first-order chi connectivity index (χ1) is 9.21. The Balaban J connectivity index is 2.26. The zero-order valence-electron chi connectivity index (χ0n) is 10.7. The topological polar surface area (TPSA) is 75.9 Å². The van der Waals surface area contributed by atoms with Gasteiger partial charge in [-0.15, -0.1) is 0 Å². The van der Waals surface area contributed by atoms with Crippen LogP contribution in [0.2, 0.25) is 0 Å². The van der Waals surface area contributed by atoms with Gasteiger partial charge in [-0.25, -0.2) is 15.8 Å². The number of hydrogen-bond acceptors (Lipinski definition) is 5. The molecule has 0 spiro atoms. The molecular weight excluding hydrogens is 353 g/mol. The van der Waals surface area contributed by atoms with Crippen molar-refractivity contribution in [3.8, 4) is 0 Å². The Bertz CT molecular complexity index is 558. The van der Waals surface area contributed by atoms with Crippen LogP contribution in [0.1, 0.15) is 19.2 Å². The molecule has 1 aromatic carbocycles. The molecule has 0 aliphatic heterocycles. The van der Waals surface area contributed by atoms with Crippen LogP contribution in [0.4, 0.5) is 17.3 Å². The van der Waals surface area contributed by atoms with Crippen molar-refractivity contribution >= 4 is 39.9 Å². The van der Waals surface area contributed by atoms with E-state index in [0.29, 0.717) is 5.82 Å². The third-order valence-corrected chi connectivity index (χ3v) is 3.16. The lowest BCUT2D eigenvalue weighted by molar-refractivity contribution is 0.837. The van der Waals surface area contributed by atoms with Crippen molar-refractivity contribution in [2.45, 2.75) is 19.8 Å². The molecule has 0 radical (unpaired) electrons. The first-order valence-electron chi connectivity index (χ1n) is 6.08. The summed E-state index contributed by atoms with van der Waals surface area (Å²) in [5, 5.41) is 3.27. The number of nitrogens with zero attached hydrogens (tertiary/aromatic N) is 2. The van der Waals surface area contributed by atoms with Gasteiger partial charge in [-0.05, 0) is 47.2 Å². The van der Waals surface area contributed by atoms with E-state index >= 15 is 0 Å². The molecule has 100 valence electrons. The number of aryl methyl sites for hydroxylation is 1. The summed E-state index contributed by atoms with van der Waals surface area (Å²) in [5.41, 5.74) is 3.57. The van der Waals surface area contributed by atoms with Crippen molar-refractivity contribution in [1.82, 2.24) is 9.97 Å². The zero-order valence-corrected chi connectivity index (χ0v) is 12.8. The van der Waals surface area contributed by atoms with Crippen molar-refractivity contribution in [2.24, 2.45) is 5.84 Å². The Morgan fingerprint density at radius 2 is 2.00 bits per heavy atom. The second-order valence-corrected chi connectivity index (χ2v) is 5.33. The molecule has 19 heavy (non-hydrogen) atoms. The molecule has 0 saturated heterocycles. The SMILES string of the molecule is CCCc1nc(NN)cc(Nc2cccc(I)c2)n1. The van der Waals surface area contributed by atoms with Crippen molar-refractivity contribution in [1.29, 1.82) is 0 Å². The van der Waals surface area contributed by atoms with Crippen molar-refractivity contribution in [3.63, 3.8) is 0 Å². The molecule has 0 aliphatic carbocycles. The highest BCUT2D eigenvalue weighted by Crippen LogP contribution is 2.19. The number of aromatic nitrogens is 2. The molecule has 1 heterocycles.